The lowest BCUT2D eigenvalue weighted by atomic mass is 10.0. The second kappa shape index (κ2) is 18.7. The van der Waals surface area contributed by atoms with E-state index >= 15 is 0 Å². The lowest BCUT2D eigenvalue weighted by Crippen LogP contribution is -2.51. The first kappa shape index (κ1) is 43.1. The first-order chi connectivity index (χ1) is 29.9. The zero-order valence-corrected chi connectivity index (χ0v) is 35.8. The molecule has 2 aliphatic heterocycles. The minimum Gasteiger partial charge on any atom is -0.453 e. The summed E-state index contributed by atoms with van der Waals surface area (Å²) >= 11 is 0. The molecule has 4 heterocycles. The van der Waals surface area contributed by atoms with Gasteiger partial charge in [0.25, 0.3) is 5.91 Å². The summed E-state index contributed by atoms with van der Waals surface area (Å²) in [6.45, 7) is 8.26. The van der Waals surface area contributed by atoms with Gasteiger partial charge >= 0.3 is 12.2 Å². The third-order valence-corrected chi connectivity index (χ3v) is 11.5. The van der Waals surface area contributed by atoms with Gasteiger partial charge < -0.3 is 44.8 Å². The summed E-state index contributed by atoms with van der Waals surface area (Å²) in [7, 11) is 2.53. The number of aromatic amines is 2. The van der Waals surface area contributed by atoms with Crippen molar-refractivity contribution in [3.05, 3.63) is 108 Å². The molecule has 0 aliphatic carbocycles. The average molecular weight is 844 g/mol. The van der Waals surface area contributed by atoms with Crippen LogP contribution in [0.2, 0.25) is 0 Å². The Balaban J connectivity index is 1.05. The van der Waals surface area contributed by atoms with Crippen molar-refractivity contribution in [1.29, 1.82) is 0 Å². The second-order valence-corrected chi connectivity index (χ2v) is 16.3. The molecule has 7 rings (SSSR count). The maximum absolute atomic E-state index is 14.1. The van der Waals surface area contributed by atoms with Crippen LogP contribution in [0.4, 0.5) is 9.59 Å². The fourth-order valence-electron chi connectivity index (χ4n) is 8.08. The molecular weight excluding hydrogens is 791 g/mol. The Labute approximate surface area is 360 Å². The molecule has 16 heteroatoms. The van der Waals surface area contributed by atoms with Gasteiger partial charge in [0.05, 0.1) is 57.3 Å². The molecule has 2 fully saturated rings. The van der Waals surface area contributed by atoms with Gasteiger partial charge in [0.2, 0.25) is 11.8 Å². The van der Waals surface area contributed by atoms with Crippen LogP contribution in [0.1, 0.15) is 74.6 Å². The van der Waals surface area contributed by atoms with E-state index in [9.17, 15) is 24.0 Å². The zero-order chi connectivity index (χ0) is 44.1. The molecule has 0 bridgehead atoms. The number of rotatable bonds is 12. The van der Waals surface area contributed by atoms with Gasteiger partial charge in [0.1, 0.15) is 29.8 Å². The van der Waals surface area contributed by atoms with Gasteiger partial charge in [-0.1, -0.05) is 94.4 Å². The number of benzene rings is 3. The maximum Gasteiger partial charge on any atom is 0.407 e. The minimum absolute atomic E-state index is 0.0188. The Bertz CT molecular complexity index is 2380. The first-order valence-electron chi connectivity index (χ1n) is 20.8. The van der Waals surface area contributed by atoms with Crippen molar-refractivity contribution in [1.82, 2.24) is 45.3 Å². The number of carbonyl (C=O) groups is 5. The number of methoxy groups -OCH3 is 2. The molecule has 0 spiro atoms. The number of nitrogens with one attached hydrogen (secondary N) is 4. The summed E-state index contributed by atoms with van der Waals surface area (Å²) in [4.78, 5) is 86.6. The highest BCUT2D eigenvalue weighted by Gasteiger charge is 2.42. The standard InChI is InChI=1S/C46H53N9O7/c1-27(2)38(51-45(59)61-5)43(57)54-22-10-13-36(54)40-47-23-34(49-40)31-18-14-29(15-19-31)30-16-20-32(21-17-30)35-24-48-41(50-35)37-25-53(42(56)33-11-8-7-9-12-33)26-55(37)44(58)39(28(3)4)52-46(60)62-6/h7-9,11-12,14-21,23-24,27-28,36-39H,10,13,22,25-26H2,1-6H3,(H,47,49)(H,48,50)(H,51,59)(H,52,60)/t36-,37-,38-,39-/m0/s1. The van der Waals surface area contributed by atoms with E-state index in [1.54, 1.807) is 51.4 Å². The second-order valence-electron chi connectivity index (χ2n) is 16.3. The third kappa shape index (κ3) is 9.18. The Morgan fingerprint density at radius 1 is 0.645 bits per heavy atom. The number of nitrogens with zero attached hydrogens (tertiary/aromatic N) is 5. The predicted octanol–water partition coefficient (Wildman–Crippen LogP) is 6.54. The number of amides is 5. The monoisotopic (exact) mass is 843 g/mol. The van der Waals surface area contributed by atoms with Gasteiger partial charge in [0, 0.05) is 12.1 Å². The van der Waals surface area contributed by atoms with Crippen LogP contribution < -0.4 is 10.6 Å². The predicted molar refractivity (Wildman–Crippen MR) is 231 cm³/mol. The van der Waals surface area contributed by atoms with Gasteiger partial charge in [-0.3, -0.25) is 14.4 Å². The molecule has 5 aromatic rings. The fraction of sp³-hybridized carbons (Fsp3) is 0.370. The highest BCUT2D eigenvalue weighted by molar-refractivity contribution is 5.95. The van der Waals surface area contributed by atoms with Crippen molar-refractivity contribution in [2.24, 2.45) is 11.8 Å². The molecule has 0 radical (unpaired) electrons. The topological polar surface area (TPSA) is 195 Å². The van der Waals surface area contributed by atoms with E-state index in [4.69, 9.17) is 14.5 Å². The molecule has 4 N–H and O–H groups in total. The molecule has 0 unspecified atom stereocenters. The molecule has 5 amide bonds. The van der Waals surface area contributed by atoms with Crippen molar-refractivity contribution in [2.45, 2.75) is 64.7 Å². The molecule has 16 nitrogen and oxygen atoms in total. The first-order valence-corrected chi connectivity index (χ1v) is 20.8. The Morgan fingerprint density at radius 3 is 1.60 bits per heavy atom. The number of alkyl carbamates (subject to hydrolysis) is 2. The summed E-state index contributed by atoms with van der Waals surface area (Å²) in [5, 5.41) is 5.35. The summed E-state index contributed by atoms with van der Waals surface area (Å²) in [6, 6.07) is 22.7. The van der Waals surface area contributed by atoms with Gasteiger partial charge in [0.15, 0.2) is 0 Å². The van der Waals surface area contributed by atoms with Crippen molar-refractivity contribution >= 4 is 29.9 Å². The molecule has 2 aliphatic rings. The van der Waals surface area contributed by atoms with Crippen LogP contribution in [0.25, 0.3) is 33.6 Å². The Morgan fingerprint density at radius 2 is 1.11 bits per heavy atom. The summed E-state index contributed by atoms with van der Waals surface area (Å²) < 4.78 is 9.56. The van der Waals surface area contributed by atoms with Crippen LogP contribution >= 0.6 is 0 Å². The van der Waals surface area contributed by atoms with E-state index in [0.29, 0.717) is 23.8 Å². The molecule has 4 atom stereocenters. The summed E-state index contributed by atoms with van der Waals surface area (Å²) in [5.74, 6) is 0.124. The van der Waals surface area contributed by atoms with Crippen molar-refractivity contribution in [2.75, 3.05) is 34.0 Å². The van der Waals surface area contributed by atoms with Crippen LogP contribution in [-0.4, -0.2) is 111 Å². The maximum atomic E-state index is 14.1. The fourth-order valence-corrected chi connectivity index (χ4v) is 8.08. The van der Waals surface area contributed by atoms with E-state index < -0.39 is 30.3 Å². The summed E-state index contributed by atoms with van der Waals surface area (Å²) in [6.07, 6.45) is 3.74. The van der Waals surface area contributed by atoms with Crippen LogP contribution in [0.3, 0.4) is 0 Å². The van der Waals surface area contributed by atoms with E-state index in [1.807, 2.05) is 82.3 Å². The lowest BCUT2D eigenvalue weighted by molar-refractivity contribution is -0.136. The van der Waals surface area contributed by atoms with E-state index in [1.165, 1.54) is 14.2 Å². The number of likely N-dealkylation sites (tertiary alicyclic amines) is 1. The largest absolute Gasteiger partial charge is 0.453 e. The number of aromatic nitrogens is 4. The molecule has 3 aromatic carbocycles. The SMILES string of the molecule is COC(=O)N[C@H](C(=O)N1CCC[C@H]1c1ncc(-c2ccc(-c3ccc(-c4cnc([C@@H]5CN(C(=O)c6ccccc6)CN5C(=O)[C@@H](NC(=O)OC)C(C)C)[nH]4)cc3)cc2)[nH]1)C(C)C. The summed E-state index contributed by atoms with van der Waals surface area (Å²) in [5.41, 5.74) is 5.93. The lowest BCUT2D eigenvalue weighted by Gasteiger charge is -2.30. The molecule has 0 saturated carbocycles. The van der Waals surface area contributed by atoms with Crippen molar-refractivity contribution in [3.8, 4) is 33.6 Å². The van der Waals surface area contributed by atoms with Crippen LogP contribution in [0.15, 0.2) is 91.3 Å². The molecule has 62 heavy (non-hydrogen) atoms. The van der Waals surface area contributed by atoms with Crippen LogP contribution in [0, 0.1) is 11.8 Å². The smallest absolute Gasteiger partial charge is 0.407 e. The van der Waals surface area contributed by atoms with E-state index in [2.05, 4.69) is 25.6 Å². The molecule has 2 saturated heterocycles. The number of imidazole rings is 2. The molecule has 324 valence electrons. The van der Waals surface area contributed by atoms with Gasteiger partial charge in [-0.05, 0) is 59.1 Å². The zero-order valence-electron chi connectivity index (χ0n) is 35.8. The number of hydrogen-bond donors (Lipinski definition) is 4. The van der Waals surface area contributed by atoms with Crippen molar-refractivity contribution in [3.63, 3.8) is 0 Å². The average Bonchev–Trinajstić information content (AvgIpc) is 4.14. The molecular formula is C46H53N9O7. The van der Waals surface area contributed by atoms with Crippen molar-refractivity contribution < 1.29 is 33.4 Å². The minimum atomic E-state index is -0.883. The van der Waals surface area contributed by atoms with Crippen LogP contribution in [-0.2, 0) is 19.1 Å². The number of hydrogen-bond acceptors (Lipinski definition) is 9. The highest BCUT2D eigenvalue weighted by Crippen LogP contribution is 2.34. The Hall–Kier alpha value is -6.97. The Kier molecular flexibility index (Phi) is 13.0. The van der Waals surface area contributed by atoms with E-state index in [0.717, 1.165) is 46.5 Å². The normalized spacial score (nSPS) is 17.3. The number of ether oxygens (including phenoxy) is 2. The van der Waals surface area contributed by atoms with Gasteiger partial charge in [-0.2, -0.15) is 0 Å². The highest BCUT2D eigenvalue weighted by atomic mass is 16.5. The molecule has 2 aromatic heterocycles. The van der Waals surface area contributed by atoms with Gasteiger partial charge in [-0.15, -0.1) is 0 Å². The van der Waals surface area contributed by atoms with Crippen LogP contribution in [0.5, 0.6) is 0 Å². The number of H-pyrrole nitrogens is 2. The van der Waals surface area contributed by atoms with Gasteiger partial charge in [-0.25, -0.2) is 19.6 Å². The quantitative estimate of drug-likeness (QED) is 0.108. The third-order valence-electron chi connectivity index (χ3n) is 11.5. The number of carbonyl (C=O) groups excluding carboxylic acids is 5. The van der Waals surface area contributed by atoms with E-state index in [-0.39, 0.29) is 48.8 Å².